The second-order valence-electron chi connectivity index (χ2n) is 5.09. The number of halogens is 3. The first kappa shape index (κ1) is 17.8. The summed E-state index contributed by atoms with van der Waals surface area (Å²) in [5, 5.41) is 15.8. The van der Waals surface area contributed by atoms with Crippen molar-refractivity contribution in [1.82, 2.24) is 9.78 Å². The molecule has 6 nitrogen and oxygen atoms in total. The topological polar surface area (TPSA) is 76.4 Å². The van der Waals surface area contributed by atoms with E-state index in [4.69, 9.17) is 4.74 Å². The highest BCUT2D eigenvalue weighted by Crippen LogP contribution is 2.27. The van der Waals surface area contributed by atoms with E-state index in [-0.39, 0.29) is 19.1 Å². The number of aromatic nitrogens is 2. The van der Waals surface area contributed by atoms with Crippen LogP contribution in [0.3, 0.4) is 0 Å². The van der Waals surface area contributed by atoms with Gasteiger partial charge in [-0.15, -0.1) is 0 Å². The molecule has 1 heterocycles. The van der Waals surface area contributed by atoms with Crippen molar-refractivity contribution in [1.29, 1.82) is 0 Å². The third kappa shape index (κ3) is 5.27. The predicted octanol–water partition coefficient (Wildman–Crippen LogP) is 2.30. The maximum absolute atomic E-state index is 12.4. The molecule has 24 heavy (non-hydrogen) atoms. The maximum Gasteiger partial charge on any atom is 0.435 e. The van der Waals surface area contributed by atoms with Gasteiger partial charge in [-0.2, -0.15) is 18.3 Å². The first-order chi connectivity index (χ1) is 11.2. The lowest BCUT2D eigenvalue weighted by atomic mass is 10.3. The van der Waals surface area contributed by atoms with Crippen LogP contribution in [0.4, 0.5) is 18.9 Å². The van der Waals surface area contributed by atoms with E-state index in [2.05, 4.69) is 10.4 Å². The summed E-state index contributed by atoms with van der Waals surface area (Å²) in [7, 11) is 0. The lowest BCUT2D eigenvalue weighted by Gasteiger charge is -2.13. The molecule has 2 N–H and O–H groups in total. The molecule has 1 amide bonds. The summed E-state index contributed by atoms with van der Waals surface area (Å²) in [5.74, 6) is 0.260. The highest BCUT2D eigenvalue weighted by molar-refractivity contribution is 5.88. The van der Waals surface area contributed by atoms with Crippen molar-refractivity contribution in [2.45, 2.75) is 25.7 Å². The fourth-order valence-electron chi connectivity index (χ4n) is 1.91. The van der Waals surface area contributed by atoms with Gasteiger partial charge in [-0.25, -0.2) is 0 Å². The number of benzene rings is 1. The smallest absolute Gasteiger partial charge is 0.435 e. The number of carbonyl (C=O) groups is 1. The Bertz CT molecular complexity index is 683. The lowest BCUT2D eigenvalue weighted by Crippen LogP contribution is -2.24. The van der Waals surface area contributed by atoms with Crippen LogP contribution in [0.1, 0.15) is 12.6 Å². The van der Waals surface area contributed by atoms with Crippen molar-refractivity contribution in [3.05, 3.63) is 42.2 Å². The number of hydrogen-bond acceptors (Lipinski definition) is 4. The number of nitrogens with one attached hydrogen (secondary N) is 1. The van der Waals surface area contributed by atoms with Crippen molar-refractivity contribution in [3.63, 3.8) is 0 Å². The highest BCUT2D eigenvalue weighted by Gasteiger charge is 2.33. The summed E-state index contributed by atoms with van der Waals surface area (Å²) in [6.45, 7) is 1.15. The van der Waals surface area contributed by atoms with Crippen LogP contribution >= 0.6 is 0 Å². The molecule has 2 aromatic rings. The number of anilines is 1. The van der Waals surface area contributed by atoms with E-state index in [0.717, 1.165) is 16.9 Å². The number of aliphatic hydroxyl groups excluding tert-OH is 1. The van der Waals surface area contributed by atoms with Gasteiger partial charge in [0.1, 0.15) is 18.5 Å². The average Bonchev–Trinajstić information content (AvgIpc) is 2.94. The van der Waals surface area contributed by atoms with Crippen LogP contribution in [-0.4, -0.2) is 33.5 Å². The molecule has 1 aromatic heterocycles. The second-order valence-corrected chi connectivity index (χ2v) is 5.09. The third-order valence-electron chi connectivity index (χ3n) is 2.95. The van der Waals surface area contributed by atoms with Crippen LogP contribution in [0.5, 0.6) is 5.75 Å². The number of aliphatic hydroxyl groups is 1. The Balaban J connectivity index is 1.83. The Morgan fingerprint density at radius 1 is 1.33 bits per heavy atom. The summed E-state index contributed by atoms with van der Waals surface area (Å²) in [6, 6.07) is 7.31. The van der Waals surface area contributed by atoms with Crippen molar-refractivity contribution in [3.8, 4) is 5.75 Å². The molecule has 0 aliphatic carbocycles. The van der Waals surface area contributed by atoms with Crippen LogP contribution in [0.2, 0.25) is 0 Å². The molecule has 0 aliphatic rings. The van der Waals surface area contributed by atoms with Gasteiger partial charge in [0.2, 0.25) is 5.91 Å². The Morgan fingerprint density at radius 3 is 2.54 bits per heavy atom. The maximum atomic E-state index is 12.4. The zero-order valence-corrected chi connectivity index (χ0v) is 12.7. The fraction of sp³-hybridized carbons (Fsp3) is 0.333. The van der Waals surface area contributed by atoms with Gasteiger partial charge < -0.3 is 15.2 Å². The number of amides is 1. The minimum absolute atomic E-state index is 0.110. The molecule has 9 heteroatoms. The van der Waals surface area contributed by atoms with Crippen LogP contribution in [0.25, 0.3) is 0 Å². The number of nitrogens with zero attached hydrogens (tertiary/aromatic N) is 2. The molecule has 0 aliphatic heterocycles. The first-order valence-corrected chi connectivity index (χ1v) is 7.03. The van der Waals surface area contributed by atoms with Gasteiger partial charge in [-0.1, -0.05) is 0 Å². The van der Waals surface area contributed by atoms with E-state index in [1.807, 2.05) is 0 Å². The predicted molar refractivity (Wildman–Crippen MR) is 79.5 cm³/mol. The van der Waals surface area contributed by atoms with Crippen LogP contribution < -0.4 is 10.1 Å². The molecule has 0 bridgehead atoms. The van der Waals surface area contributed by atoms with Gasteiger partial charge in [0.15, 0.2) is 5.69 Å². The van der Waals surface area contributed by atoms with Crippen LogP contribution in [0.15, 0.2) is 36.5 Å². The normalized spacial score (nSPS) is 12.7. The molecular formula is C15H16F3N3O3. The molecule has 2 rings (SSSR count). The lowest BCUT2D eigenvalue weighted by molar-refractivity contribution is -0.141. The Labute approximate surface area is 135 Å². The summed E-state index contributed by atoms with van der Waals surface area (Å²) in [6.07, 6.45) is -4.39. The van der Waals surface area contributed by atoms with Crippen LogP contribution in [0, 0.1) is 0 Å². The molecule has 0 fully saturated rings. The number of carbonyl (C=O) groups excluding carboxylic acids is 1. The zero-order valence-electron chi connectivity index (χ0n) is 12.7. The summed E-state index contributed by atoms with van der Waals surface area (Å²) >= 11 is 0. The standard InChI is InChI=1S/C15H16F3N3O3/c1-10(22)19-11-2-4-13(5-3-11)24-9-12(23)8-21-7-6-14(20-21)15(16,17)18/h2-7,12,23H,8-9H2,1H3,(H,19,22)/t12-/m0/s1. The summed E-state index contributed by atoms with van der Waals surface area (Å²) < 4.78 is 43.7. The van der Waals surface area contributed by atoms with Gasteiger partial charge in [0.25, 0.3) is 0 Å². The van der Waals surface area contributed by atoms with Crippen molar-refractivity contribution in [2.24, 2.45) is 0 Å². The van der Waals surface area contributed by atoms with E-state index < -0.39 is 18.0 Å². The van der Waals surface area contributed by atoms with E-state index in [1.165, 1.54) is 6.92 Å². The van der Waals surface area contributed by atoms with E-state index in [0.29, 0.717) is 11.4 Å². The van der Waals surface area contributed by atoms with Crippen LogP contribution in [-0.2, 0) is 17.5 Å². The monoisotopic (exact) mass is 343 g/mol. The molecule has 0 saturated carbocycles. The third-order valence-corrected chi connectivity index (χ3v) is 2.95. The molecule has 1 atom stereocenters. The Hall–Kier alpha value is -2.55. The van der Waals surface area contributed by atoms with Crippen molar-refractivity contribution < 1.29 is 27.8 Å². The molecule has 0 saturated heterocycles. The molecular weight excluding hydrogens is 327 g/mol. The first-order valence-electron chi connectivity index (χ1n) is 7.03. The molecule has 1 aromatic carbocycles. The van der Waals surface area contributed by atoms with Gasteiger partial charge in [-0.05, 0) is 30.3 Å². The number of rotatable bonds is 6. The zero-order chi connectivity index (χ0) is 17.7. The van der Waals surface area contributed by atoms with Gasteiger partial charge in [0, 0.05) is 18.8 Å². The summed E-state index contributed by atoms with van der Waals surface area (Å²) in [4.78, 5) is 10.9. The Kier molecular flexibility index (Phi) is 5.45. The molecule has 0 unspecified atom stereocenters. The SMILES string of the molecule is CC(=O)Nc1ccc(OC[C@@H](O)Cn2ccc(C(F)(F)F)n2)cc1. The quantitative estimate of drug-likeness (QED) is 0.844. The van der Waals surface area contributed by atoms with Gasteiger partial charge in [-0.3, -0.25) is 9.48 Å². The highest BCUT2D eigenvalue weighted by atomic mass is 19.4. The number of ether oxygens (including phenoxy) is 1. The minimum Gasteiger partial charge on any atom is -0.491 e. The van der Waals surface area contributed by atoms with Gasteiger partial charge in [0.05, 0.1) is 6.54 Å². The van der Waals surface area contributed by atoms with Gasteiger partial charge >= 0.3 is 6.18 Å². The fourth-order valence-corrected chi connectivity index (χ4v) is 1.91. The minimum atomic E-state index is -4.51. The largest absolute Gasteiger partial charge is 0.491 e. The van der Waals surface area contributed by atoms with E-state index >= 15 is 0 Å². The second kappa shape index (κ2) is 7.35. The molecule has 0 spiro atoms. The van der Waals surface area contributed by atoms with Crippen molar-refractivity contribution in [2.75, 3.05) is 11.9 Å². The van der Waals surface area contributed by atoms with E-state index in [1.54, 1.807) is 24.3 Å². The Morgan fingerprint density at radius 2 is 2.00 bits per heavy atom. The van der Waals surface area contributed by atoms with Crippen molar-refractivity contribution >= 4 is 11.6 Å². The van der Waals surface area contributed by atoms with E-state index in [9.17, 15) is 23.1 Å². The number of hydrogen-bond donors (Lipinski definition) is 2. The molecule has 0 radical (unpaired) electrons. The number of alkyl halides is 3. The molecule has 130 valence electrons. The summed E-state index contributed by atoms with van der Waals surface area (Å²) in [5.41, 5.74) is -0.407. The average molecular weight is 343 g/mol.